The summed E-state index contributed by atoms with van der Waals surface area (Å²) >= 11 is 1.86. The van der Waals surface area contributed by atoms with Crippen LogP contribution >= 0.6 is 11.8 Å². The van der Waals surface area contributed by atoms with Crippen molar-refractivity contribution in [2.45, 2.75) is 45.6 Å². The van der Waals surface area contributed by atoms with Crippen LogP contribution in [0, 0.1) is 0 Å². The van der Waals surface area contributed by atoms with Crippen molar-refractivity contribution in [1.82, 2.24) is 5.32 Å². The summed E-state index contributed by atoms with van der Waals surface area (Å²) in [6.07, 6.45) is 3.67. The zero-order chi connectivity index (χ0) is 11.5. The minimum absolute atomic E-state index is 0.177. The number of amides is 1. The predicted octanol–water partition coefficient (Wildman–Crippen LogP) is 1.76. The van der Waals surface area contributed by atoms with Crippen molar-refractivity contribution in [3.05, 3.63) is 0 Å². The van der Waals surface area contributed by atoms with E-state index in [1.807, 2.05) is 11.8 Å². The fourth-order valence-electron chi connectivity index (χ4n) is 1.29. The average Bonchev–Trinajstić information content (AvgIpc) is 2.21. The van der Waals surface area contributed by atoms with E-state index < -0.39 is 0 Å². The van der Waals surface area contributed by atoms with E-state index in [9.17, 15) is 4.79 Å². The molecule has 0 spiro atoms. The van der Waals surface area contributed by atoms with Gasteiger partial charge in [0.2, 0.25) is 5.91 Å². The Morgan fingerprint density at radius 2 is 2.13 bits per heavy atom. The van der Waals surface area contributed by atoms with Gasteiger partial charge in [-0.1, -0.05) is 13.3 Å². The van der Waals surface area contributed by atoms with Crippen molar-refractivity contribution in [3.8, 4) is 0 Å². The van der Waals surface area contributed by atoms with Crippen LogP contribution in [0.5, 0.6) is 0 Å². The van der Waals surface area contributed by atoms with Gasteiger partial charge in [0.15, 0.2) is 0 Å². The lowest BCUT2D eigenvalue weighted by molar-refractivity contribution is -0.121. The molecule has 0 rings (SSSR count). The first-order valence-corrected chi connectivity index (χ1v) is 6.93. The number of nitrogens with two attached hydrogens (primary N) is 1. The zero-order valence-electron chi connectivity index (χ0n) is 9.92. The molecule has 0 heterocycles. The molecule has 15 heavy (non-hydrogen) atoms. The number of carbonyl (C=O) groups is 1. The number of thioether (sulfide) groups is 1. The summed E-state index contributed by atoms with van der Waals surface area (Å²) in [6.45, 7) is 4.91. The minimum Gasteiger partial charge on any atom is -0.353 e. The van der Waals surface area contributed by atoms with Crippen LogP contribution in [0.25, 0.3) is 0 Å². The number of rotatable bonds is 9. The summed E-state index contributed by atoms with van der Waals surface area (Å²) in [5.41, 5.74) is 5.38. The SMILES string of the molecule is CCSCC(C)NC(=O)CCCCCN. The molecular weight excluding hydrogens is 208 g/mol. The van der Waals surface area contributed by atoms with Gasteiger partial charge in [0, 0.05) is 18.2 Å². The fraction of sp³-hybridized carbons (Fsp3) is 0.909. The summed E-state index contributed by atoms with van der Waals surface area (Å²) in [5.74, 6) is 2.29. The Bertz CT molecular complexity index is 165. The summed E-state index contributed by atoms with van der Waals surface area (Å²) in [4.78, 5) is 11.4. The van der Waals surface area contributed by atoms with Crippen molar-refractivity contribution < 1.29 is 4.79 Å². The quantitative estimate of drug-likeness (QED) is 0.596. The Morgan fingerprint density at radius 3 is 2.73 bits per heavy atom. The second-order valence-electron chi connectivity index (χ2n) is 3.73. The molecule has 0 radical (unpaired) electrons. The van der Waals surface area contributed by atoms with Gasteiger partial charge in [-0.05, 0) is 32.1 Å². The first kappa shape index (κ1) is 14.8. The van der Waals surface area contributed by atoms with E-state index in [2.05, 4.69) is 19.2 Å². The van der Waals surface area contributed by atoms with Crippen LogP contribution in [0.2, 0.25) is 0 Å². The van der Waals surface area contributed by atoms with Gasteiger partial charge >= 0.3 is 0 Å². The van der Waals surface area contributed by atoms with E-state index in [1.54, 1.807) is 0 Å². The second-order valence-corrected chi connectivity index (χ2v) is 5.05. The van der Waals surface area contributed by atoms with Crippen molar-refractivity contribution in [3.63, 3.8) is 0 Å². The molecule has 0 fully saturated rings. The molecule has 0 aromatic rings. The first-order chi connectivity index (χ1) is 7.20. The van der Waals surface area contributed by atoms with Crippen LogP contribution in [0.4, 0.5) is 0 Å². The topological polar surface area (TPSA) is 55.1 Å². The van der Waals surface area contributed by atoms with Gasteiger partial charge < -0.3 is 11.1 Å². The third-order valence-corrected chi connectivity index (χ3v) is 3.23. The molecule has 90 valence electrons. The maximum Gasteiger partial charge on any atom is 0.220 e. The van der Waals surface area contributed by atoms with Crippen molar-refractivity contribution in [2.24, 2.45) is 5.73 Å². The van der Waals surface area contributed by atoms with Crippen LogP contribution in [0.15, 0.2) is 0 Å². The minimum atomic E-state index is 0.177. The van der Waals surface area contributed by atoms with E-state index in [0.717, 1.165) is 37.3 Å². The molecule has 1 unspecified atom stereocenters. The van der Waals surface area contributed by atoms with Gasteiger partial charge in [0.05, 0.1) is 0 Å². The molecule has 0 aromatic carbocycles. The maximum absolute atomic E-state index is 11.4. The van der Waals surface area contributed by atoms with Gasteiger partial charge in [0.1, 0.15) is 0 Å². The summed E-state index contributed by atoms with van der Waals surface area (Å²) in [6, 6.07) is 0.289. The van der Waals surface area contributed by atoms with E-state index in [-0.39, 0.29) is 11.9 Å². The van der Waals surface area contributed by atoms with Crippen LogP contribution in [0.3, 0.4) is 0 Å². The first-order valence-electron chi connectivity index (χ1n) is 5.77. The standard InChI is InChI=1S/C11H24N2OS/c1-3-15-9-10(2)13-11(14)7-5-4-6-8-12/h10H,3-9,12H2,1-2H3,(H,13,14). The van der Waals surface area contributed by atoms with E-state index >= 15 is 0 Å². The van der Waals surface area contributed by atoms with Crippen molar-refractivity contribution >= 4 is 17.7 Å². The fourth-order valence-corrected chi connectivity index (χ4v) is 1.96. The second kappa shape index (κ2) is 10.3. The molecular formula is C11H24N2OS. The third-order valence-electron chi connectivity index (χ3n) is 2.09. The normalized spacial score (nSPS) is 12.5. The molecule has 3 nitrogen and oxygen atoms in total. The van der Waals surface area contributed by atoms with Crippen LogP contribution < -0.4 is 11.1 Å². The molecule has 4 heteroatoms. The lowest BCUT2D eigenvalue weighted by Crippen LogP contribution is -2.34. The Labute approximate surface area is 97.6 Å². The highest BCUT2D eigenvalue weighted by Gasteiger charge is 2.06. The number of carbonyl (C=O) groups excluding carboxylic acids is 1. The highest BCUT2D eigenvalue weighted by molar-refractivity contribution is 7.99. The highest BCUT2D eigenvalue weighted by atomic mass is 32.2. The molecule has 0 aliphatic heterocycles. The van der Waals surface area contributed by atoms with Crippen LogP contribution in [-0.2, 0) is 4.79 Å². The average molecular weight is 232 g/mol. The number of unbranched alkanes of at least 4 members (excludes halogenated alkanes) is 2. The molecule has 0 aromatic heterocycles. The van der Waals surface area contributed by atoms with Gasteiger partial charge in [-0.2, -0.15) is 11.8 Å². The summed E-state index contributed by atoms with van der Waals surface area (Å²) < 4.78 is 0. The third kappa shape index (κ3) is 10.1. The summed E-state index contributed by atoms with van der Waals surface area (Å²) in [7, 11) is 0. The van der Waals surface area contributed by atoms with Gasteiger partial charge in [0.25, 0.3) is 0 Å². The Kier molecular flexibility index (Phi) is 10.2. The van der Waals surface area contributed by atoms with Gasteiger partial charge in [-0.3, -0.25) is 4.79 Å². The molecule has 0 saturated carbocycles. The molecule has 1 atom stereocenters. The van der Waals surface area contributed by atoms with E-state index in [1.165, 1.54) is 0 Å². The number of nitrogens with one attached hydrogen (secondary N) is 1. The molecule has 0 saturated heterocycles. The monoisotopic (exact) mass is 232 g/mol. The van der Waals surface area contributed by atoms with Crippen molar-refractivity contribution in [2.75, 3.05) is 18.1 Å². The van der Waals surface area contributed by atoms with Crippen molar-refractivity contribution in [1.29, 1.82) is 0 Å². The molecule has 3 N–H and O–H groups in total. The Balaban J connectivity index is 3.38. The zero-order valence-corrected chi connectivity index (χ0v) is 10.7. The molecule has 0 aliphatic carbocycles. The smallest absolute Gasteiger partial charge is 0.220 e. The lowest BCUT2D eigenvalue weighted by atomic mass is 10.2. The molecule has 0 aliphatic rings. The highest BCUT2D eigenvalue weighted by Crippen LogP contribution is 2.03. The van der Waals surface area contributed by atoms with Gasteiger partial charge in [-0.25, -0.2) is 0 Å². The maximum atomic E-state index is 11.4. The largest absolute Gasteiger partial charge is 0.353 e. The lowest BCUT2D eigenvalue weighted by Gasteiger charge is -2.12. The number of hydrogen-bond acceptors (Lipinski definition) is 3. The van der Waals surface area contributed by atoms with E-state index in [4.69, 9.17) is 5.73 Å². The number of hydrogen-bond donors (Lipinski definition) is 2. The summed E-state index contributed by atoms with van der Waals surface area (Å²) in [5, 5.41) is 3.00. The Morgan fingerprint density at radius 1 is 1.40 bits per heavy atom. The molecule has 0 bridgehead atoms. The van der Waals surface area contributed by atoms with Gasteiger partial charge in [-0.15, -0.1) is 0 Å². The van der Waals surface area contributed by atoms with E-state index in [0.29, 0.717) is 6.42 Å². The van der Waals surface area contributed by atoms with Crippen LogP contribution in [0.1, 0.15) is 39.5 Å². The predicted molar refractivity (Wildman–Crippen MR) is 68.1 cm³/mol. The van der Waals surface area contributed by atoms with Crippen LogP contribution in [-0.4, -0.2) is 30.0 Å². The molecule has 1 amide bonds. The Hall–Kier alpha value is -0.220.